The molecule has 10 heteroatoms. The Bertz CT molecular complexity index is 3390. The number of hydrogen-bond acceptors (Lipinski definition) is 8. The highest BCUT2D eigenvalue weighted by Crippen LogP contribution is 2.60. The summed E-state index contributed by atoms with van der Waals surface area (Å²) in [6.07, 6.45) is 6.70. The van der Waals surface area contributed by atoms with Gasteiger partial charge < -0.3 is 32.7 Å². The molecular formula is C66H68O8P2. The van der Waals surface area contributed by atoms with Gasteiger partial charge in [0.25, 0.3) is 0 Å². The summed E-state index contributed by atoms with van der Waals surface area (Å²) in [5, 5.41) is 3.64. The molecule has 8 aromatic rings. The van der Waals surface area contributed by atoms with Crippen LogP contribution in [0.5, 0.6) is 40.2 Å². The average Bonchev–Trinajstić information content (AvgIpc) is 3.53. The van der Waals surface area contributed by atoms with Crippen LogP contribution in [0.1, 0.15) is 87.7 Å². The normalized spacial score (nSPS) is 18.4. The Balaban J connectivity index is 1.21. The largest absolute Gasteiger partial charge is 0.497 e. The third-order valence-corrected chi connectivity index (χ3v) is 18.4. The highest BCUT2D eigenvalue weighted by atomic mass is 31.1. The maximum atomic E-state index is 12.6. The van der Waals surface area contributed by atoms with Crippen molar-refractivity contribution in [1.82, 2.24) is 0 Å². The van der Waals surface area contributed by atoms with E-state index in [1.54, 1.807) is 35.5 Å². The van der Waals surface area contributed by atoms with Crippen LogP contribution >= 0.6 is 17.6 Å². The average molecular weight is 1050 g/mol. The van der Waals surface area contributed by atoms with Crippen LogP contribution in [0.4, 0.5) is 0 Å². The molecule has 390 valence electrons. The first-order chi connectivity index (χ1) is 37.1. The van der Waals surface area contributed by atoms with E-state index in [1.807, 2.05) is 57.2 Å². The summed E-state index contributed by atoms with van der Waals surface area (Å²) in [5.74, 6) is 6.27. The van der Waals surface area contributed by atoms with E-state index in [9.17, 15) is 4.79 Å². The molecule has 2 saturated carbocycles. The van der Waals surface area contributed by atoms with Crippen LogP contribution in [-0.4, -0.2) is 47.5 Å². The van der Waals surface area contributed by atoms with Gasteiger partial charge in [-0.15, -0.1) is 0 Å². The van der Waals surface area contributed by atoms with Gasteiger partial charge in [-0.25, -0.2) is 0 Å². The lowest BCUT2D eigenvalue weighted by atomic mass is 9.59. The molecule has 8 nitrogen and oxygen atoms in total. The first-order valence-electron chi connectivity index (χ1n) is 26.3. The second-order valence-corrected chi connectivity index (χ2v) is 22.5. The summed E-state index contributed by atoms with van der Waals surface area (Å²) in [7, 11) is 8.43. The van der Waals surface area contributed by atoms with E-state index < -0.39 is 0 Å². The molecule has 10 rings (SSSR count). The van der Waals surface area contributed by atoms with Crippen molar-refractivity contribution in [3.05, 3.63) is 178 Å². The van der Waals surface area contributed by atoms with E-state index in [1.165, 1.54) is 46.5 Å². The number of fused-ring (bicyclic) bond motifs is 2. The lowest BCUT2D eigenvalue weighted by Gasteiger charge is -2.50. The molecule has 0 spiro atoms. The quantitative estimate of drug-likeness (QED) is 0.0659. The maximum Gasteiger partial charge on any atom is 0.150 e. The Morgan fingerprint density at radius 1 is 0.513 bits per heavy atom. The number of aldehydes is 1. The fourth-order valence-corrected chi connectivity index (χ4v) is 15.3. The molecule has 2 aliphatic rings. The molecule has 2 aliphatic carbocycles. The number of ether oxygens (including phenoxy) is 5. The van der Waals surface area contributed by atoms with Crippen molar-refractivity contribution in [3.8, 4) is 73.6 Å². The zero-order valence-corrected chi connectivity index (χ0v) is 47.0. The summed E-state index contributed by atoms with van der Waals surface area (Å²) >= 11 is 0. The van der Waals surface area contributed by atoms with Crippen molar-refractivity contribution in [1.29, 1.82) is 0 Å². The first-order valence-corrected chi connectivity index (χ1v) is 28.2. The van der Waals surface area contributed by atoms with Crippen LogP contribution in [-0.2, 0) is 0 Å². The zero-order valence-electron chi connectivity index (χ0n) is 45.0. The van der Waals surface area contributed by atoms with Crippen LogP contribution in [0, 0.1) is 39.5 Å². The third kappa shape index (κ3) is 10.3. The van der Waals surface area contributed by atoms with E-state index in [0.717, 1.165) is 104 Å². The predicted octanol–water partition coefficient (Wildman–Crippen LogP) is 16.3. The van der Waals surface area contributed by atoms with E-state index >= 15 is 0 Å². The Kier molecular flexibility index (Phi) is 16.0. The van der Waals surface area contributed by atoms with Gasteiger partial charge in [0, 0.05) is 38.8 Å². The molecule has 0 aromatic heterocycles. The fraction of sp³-hybridized carbons (Fsp3) is 0.288. The molecule has 4 unspecified atom stereocenters. The smallest absolute Gasteiger partial charge is 0.150 e. The van der Waals surface area contributed by atoms with Crippen LogP contribution in [0.2, 0.25) is 0 Å². The molecule has 0 amide bonds. The Morgan fingerprint density at radius 3 is 1.64 bits per heavy atom. The number of benzene rings is 8. The minimum absolute atomic E-state index is 0.0411. The van der Waals surface area contributed by atoms with Crippen molar-refractivity contribution in [2.24, 2.45) is 11.8 Å². The second-order valence-electron chi connectivity index (χ2n) is 20.4. The summed E-state index contributed by atoms with van der Waals surface area (Å²) in [4.78, 5) is 12.6. The fourth-order valence-electron chi connectivity index (χ4n) is 12.5. The Labute approximate surface area is 452 Å². The van der Waals surface area contributed by atoms with Crippen LogP contribution in [0.15, 0.2) is 140 Å². The molecule has 8 aromatic carbocycles. The number of methoxy groups -OCH3 is 5. The molecule has 0 radical (unpaired) electrons. The minimum atomic E-state index is -0.0930. The van der Waals surface area contributed by atoms with Gasteiger partial charge in [-0.2, -0.15) is 0 Å². The summed E-state index contributed by atoms with van der Waals surface area (Å²) < 4.78 is 45.0. The van der Waals surface area contributed by atoms with E-state index in [2.05, 4.69) is 110 Å². The van der Waals surface area contributed by atoms with E-state index in [0.29, 0.717) is 28.9 Å². The number of carbonyl (C=O) groups is 1. The molecule has 0 saturated heterocycles. The summed E-state index contributed by atoms with van der Waals surface area (Å²) in [6, 6.07) is 49.3. The van der Waals surface area contributed by atoms with Crippen LogP contribution in [0.25, 0.3) is 44.2 Å². The van der Waals surface area contributed by atoms with Crippen molar-refractivity contribution >= 4 is 40.0 Å². The van der Waals surface area contributed by atoms with Crippen molar-refractivity contribution in [3.63, 3.8) is 0 Å². The number of carbonyl (C=O) groups excluding carboxylic acids is 1. The van der Waals surface area contributed by atoms with Gasteiger partial charge >= 0.3 is 0 Å². The molecular weight excluding hydrogens is 983 g/mol. The standard InChI is InChI=1S/C66H68O8P2/c1-39-28-43(38-67)32-55(56-35-48(68-5)29-40(2)61(56)71-8)63(39)73-75-65-53(44-20-12-10-13-21-44)33-46-24-16-18-26-51(46)59(65)60-52-27-19-17-25-47(52)34-54(45-22-14-11-15-23-45)66(60)76-74-64-42(4)31-50(70-7)37-58(64)57-36-49(69-6)30-41(3)62(57)72-9/h10-15,17,19-23,25,27-32,34-38,46,51,53,59,65,75-76H,16,18,24,26,33H2,1-9H3/t46?,51?,53-,59+,65+/m0/s1. The van der Waals surface area contributed by atoms with Crippen molar-refractivity contribution in [2.75, 3.05) is 35.5 Å². The molecule has 0 N–H and O–H groups in total. The van der Waals surface area contributed by atoms with Crippen molar-refractivity contribution < 1.29 is 37.5 Å². The SMILES string of the molecule is COc1cc(C)c(OC)c(-c2cc(OC)cc(C)c2OPc2c(-c3ccccc3)cc3ccccc3c2[C@H]2C3CCCCC3C[C@@H](c3ccccc3)[C@H]2POc2c(C)cc(C=O)cc2-c2cc(OC)cc(C)c2OC)c1. The monoisotopic (exact) mass is 1050 g/mol. The van der Waals surface area contributed by atoms with Gasteiger partial charge in [0.2, 0.25) is 0 Å². The van der Waals surface area contributed by atoms with Gasteiger partial charge in [0.05, 0.1) is 44.4 Å². The van der Waals surface area contributed by atoms with Crippen molar-refractivity contribution in [2.45, 2.75) is 77.3 Å². The lowest BCUT2D eigenvalue weighted by Crippen LogP contribution is -2.42. The number of hydrogen-bond donors (Lipinski definition) is 0. The van der Waals surface area contributed by atoms with Gasteiger partial charge in [0.1, 0.15) is 55.3 Å². The van der Waals surface area contributed by atoms with Gasteiger partial charge in [0.15, 0.2) is 0 Å². The second kappa shape index (κ2) is 23.2. The van der Waals surface area contributed by atoms with Gasteiger partial charge in [-0.1, -0.05) is 104 Å². The van der Waals surface area contributed by atoms with Crippen LogP contribution < -0.4 is 38.0 Å². The molecule has 0 heterocycles. The molecule has 76 heavy (non-hydrogen) atoms. The number of aryl methyl sites for hydroxylation is 4. The van der Waals surface area contributed by atoms with E-state index in [-0.39, 0.29) is 35.1 Å². The first kappa shape index (κ1) is 52.6. The van der Waals surface area contributed by atoms with Gasteiger partial charge in [-0.3, -0.25) is 4.79 Å². The Hall–Kier alpha value is -6.85. The molecule has 0 aliphatic heterocycles. The summed E-state index contributed by atoms with van der Waals surface area (Å²) in [5.41, 5.74) is 12.7. The molecule has 0 bridgehead atoms. The van der Waals surface area contributed by atoms with E-state index in [4.69, 9.17) is 32.7 Å². The maximum absolute atomic E-state index is 12.6. The topological polar surface area (TPSA) is 81.7 Å². The zero-order chi connectivity index (χ0) is 53.0. The van der Waals surface area contributed by atoms with Crippen LogP contribution in [0.3, 0.4) is 0 Å². The van der Waals surface area contributed by atoms with Gasteiger partial charge in [-0.05, 0) is 174 Å². The molecule has 2 fully saturated rings. The number of rotatable bonds is 17. The third-order valence-electron chi connectivity index (χ3n) is 16.0. The predicted molar refractivity (Wildman–Crippen MR) is 314 cm³/mol. The minimum Gasteiger partial charge on any atom is -0.497 e. The highest BCUT2D eigenvalue weighted by molar-refractivity contribution is 7.43. The highest BCUT2D eigenvalue weighted by Gasteiger charge is 2.48. The Morgan fingerprint density at radius 2 is 1.04 bits per heavy atom. The lowest BCUT2D eigenvalue weighted by molar-refractivity contribution is 0.112. The molecule has 7 atom stereocenters. The summed E-state index contributed by atoms with van der Waals surface area (Å²) in [6.45, 7) is 8.20.